The summed E-state index contributed by atoms with van der Waals surface area (Å²) in [5, 5.41) is 5.36. The maximum atomic E-state index is 5.44. The molecule has 1 saturated heterocycles. The Labute approximate surface area is 140 Å². The number of hydrogen-bond acceptors (Lipinski definition) is 5. The van der Waals surface area contributed by atoms with Crippen molar-refractivity contribution in [1.82, 2.24) is 20.0 Å². The van der Waals surface area contributed by atoms with Gasteiger partial charge in [0.25, 0.3) is 0 Å². The second-order valence-electron chi connectivity index (χ2n) is 6.35. The fourth-order valence-corrected chi connectivity index (χ4v) is 3.37. The van der Waals surface area contributed by atoms with Crippen molar-refractivity contribution in [2.75, 3.05) is 20.2 Å². The van der Waals surface area contributed by atoms with E-state index in [1.165, 1.54) is 10.9 Å². The predicted octanol–water partition coefficient (Wildman–Crippen LogP) is 2.75. The number of piperidine rings is 1. The highest BCUT2D eigenvalue weighted by molar-refractivity contribution is 5.83. The van der Waals surface area contributed by atoms with E-state index in [-0.39, 0.29) is 0 Å². The topological polar surface area (TPSA) is 67.2 Å². The molecular weight excluding hydrogens is 304 g/mol. The van der Waals surface area contributed by atoms with Crippen LogP contribution in [0.5, 0.6) is 0 Å². The third-order valence-electron chi connectivity index (χ3n) is 4.76. The number of ether oxygens (including phenoxy) is 1. The Morgan fingerprint density at radius 3 is 2.96 bits per heavy atom. The van der Waals surface area contributed by atoms with Gasteiger partial charge in [-0.2, -0.15) is 4.98 Å². The van der Waals surface area contributed by atoms with Crippen LogP contribution in [0.25, 0.3) is 10.9 Å². The summed E-state index contributed by atoms with van der Waals surface area (Å²) in [4.78, 5) is 10.2. The largest absolute Gasteiger partial charge is 0.381 e. The number of fused-ring (bicyclic) bond motifs is 1. The van der Waals surface area contributed by atoms with E-state index in [1.54, 1.807) is 7.11 Å². The van der Waals surface area contributed by atoms with E-state index >= 15 is 0 Å². The smallest absolute Gasteiger partial charge is 0.240 e. The van der Waals surface area contributed by atoms with E-state index < -0.39 is 0 Å². The standard InChI is InChI=1S/C18H22N4O2/c1-23-14-6-8-22(9-7-14)12-18-20-17(21-24-18)10-13-11-19-16-5-3-2-4-15(13)16/h2-5,11,14,19H,6-10,12H2,1H3. The average molecular weight is 326 g/mol. The number of nitrogens with one attached hydrogen (secondary N) is 1. The van der Waals surface area contributed by atoms with Crippen LogP contribution in [0.2, 0.25) is 0 Å². The molecule has 0 bridgehead atoms. The van der Waals surface area contributed by atoms with Gasteiger partial charge in [-0.15, -0.1) is 0 Å². The lowest BCUT2D eigenvalue weighted by Gasteiger charge is -2.29. The SMILES string of the molecule is COC1CCN(Cc2nc(Cc3c[nH]c4ccccc34)no2)CC1. The predicted molar refractivity (Wildman–Crippen MR) is 90.7 cm³/mol. The molecule has 1 aliphatic heterocycles. The van der Waals surface area contributed by atoms with Gasteiger partial charge < -0.3 is 14.2 Å². The number of aromatic amines is 1. The summed E-state index contributed by atoms with van der Waals surface area (Å²) in [6.07, 6.45) is 5.22. The molecule has 0 radical (unpaired) electrons. The minimum atomic E-state index is 0.390. The van der Waals surface area contributed by atoms with Gasteiger partial charge in [-0.25, -0.2) is 0 Å². The number of nitrogens with zero attached hydrogens (tertiary/aromatic N) is 3. The molecular formula is C18H22N4O2. The fraction of sp³-hybridized carbons (Fsp3) is 0.444. The van der Waals surface area contributed by atoms with Crippen LogP contribution in [0.1, 0.15) is 30.1 Å². The second kappa shape index (κ2) is 6.75. The summed E-state index contributed by atoms with van der Waals surface area (Å²) in [5.41, 5.74) is 2.33. The molecule has 0 amide bonds. The summed E-state index contributed by atoms with van der Waals surface area (Å²) in [6.45, 7) is 2.74. The highest BCUT2D eigenvalue weighted by atomic mass is 16.5. The molecule has 126 valence electrons. The Morgan fingerprint density at radius 1 is 1.29 bits per heavy atom. The van der Waals surface area contributed by atoms with Crippen LogP contribution in [0.3, 0.4) is 0 Å². The molecule has 0 spiro atoms. The molecule has 1 aliphatic rings. The maximum absolute atomic E-state index is 5.44. The molecule has 6 nitrogen and oxygen atoms in total. The van der Waals surface area contributed by atoms with Crippen molar-refractivity contribution in [2.24, 2.45) is 0 Å². The zero-order valence-corrected chi connectivity index (χ0v) is 13.9. The molecule has 0 saturated carbocycles. The van der Waals surface area contributed by atoms with E-state index in [0.717, 1.165) is 43.8 Å². The molecule has 3 heterocycles. The highest BCUT2D eigenvalue weighted by Gasteiger charge is 2.20. The molecule has 3 aromatic rings. The van der Waals surface area contributed by atoms with Gasteiger partial charge in [0.05, 0.1) is 12.6 Å². The first-order valence-corrected chi connectivity index (χ1v) is 8.43. The number of H-pyrrole nitrogens is 1. The zero-order valence-electron chi connectivity index (χ0n) is 13.9. The monoisotopic (exact) mass is 326 g/mol. The lowest BCUT2D eigenvalue weighted by Crippen LogP contribution is -2.36. The van der Waals surface area contributed by atoms with Crippen LogP contribution in [-0.2, 0) is 17.7 Å². The van der Waals surface area contributed by atoms with E-state index in [0.29, 0.717) is 18.4 Å². The number of methoxy groups -OCH3 is 1. The highest BCUT2D eigenvalue weighted by Crippen LogP contribution is 2.20. The number of aromatic nitrogens is 3. The molecule has 6 heteroatoms. The quantitative estimate of drug-likeness (QED) is 0.781. The minimum absolute atomic E-state index is 0.390. The first kappa shape index (κ1) is 15.4. The zero-order chi connectivity index (χ0) is 16.4. The van der Waals surface area contributed by atoms with Gasteiger partial charge in [-0.1, -0.05) is 23.4 Å². The minimum Gasteiger partial charge on any atom is -0.381 e. The van der Waals surface area contributed by atoms with Gasteiger partial charge in [0.15, 0.2) is 5.82 Å². The van der Waals surface area contributed by atoms with Crippen LogP contribution in [0, 0.1) is 0 Å². The number of likely N-dealkylation sites (tertiary alicyclic amines) is 1. The van der Waals surface area contributed by atoms with E-state index in [4.69, 9.17) is 9.26 Å². The number of rotatable bonds is 5. The van der Waals surface area contributed by atoms with Gasteiger partial charge in [0, 0.05) is 43.7 Å². The summed E-state index contributed by atoms with van der Waals surface area (Å²) >= 11 is 0. The maximum Gasteiger partial charge on any atom is 0.240 e. The van der Waals surface area contributed by atoms with Crippen LogP contribution in [0.15, 0.2) is 35.0 Å². The average Bonchev–Trinajstić information content (AvgIpc) is 3.23. The van der Waals surface area contributed by atoms with Crippen molar-refractivity contribution >= 4 is 10.9 Å². The molecule has 0 aliphatic carbocycles. The van der Waals surface area contributed by atoms with E-state index in [9.17, 15) is 0 Å². The van der Waals surface area contributed by atoms with Gasteiger partial charge in [-0.05, 0) is 24.5 Å². The Morgan fingerprint density at radius 2 is 2.12 bits per heavy atom. The Balaban J connectivity index is 1.40. The summed E-state index contributed by atoms with van der Waals surface area (Å²) in [7, 11) is 1.79. The van der Waals surface area contributed by atoms with E-state index in [1.807, 2.05) is 18.3 Å². The van der Waals surface area contributed by atoms with Crippen molar-refractivity contribution < 1.29 is 9.26 Å². The first-order chi connectivity index (χ1) is 11.8. The van der Waals surface area contributed by atoms with Crippen molar-refractivity contribution in [1.29, 1.82) is 0 Å². The van der Waals surface area contributed by atoms with Gasteiger partial charge in [-0.3, -0.25) is 4.90 Å². The number of hydrogen-bond donors (Lipinski definition) is 1. The van der Waals surface area contributed by atoms with Crippen LogP contribution >= 0.6 is 0 Å². The van der Waals surface area contributed by atoms with Gasteiger partial charge in [0.2, 0.25) is 5.89 Å². The summed E-state index contributed by atoms with van der Waals surface area (Å²) < 4.78 is 10.8. The van der Waals surface area contributed by atoms with Crippen LogP contribution < -0.4 is 0 Å². The van der Waals surface area contributed by atoms with Crippen molar-refractivity contribution in [3.63, 3.8) is 0 Å². The first-order valence-electron chi connectivity index (χ1n) is 8.43. The summed E-state index contributed by atoms with van der Waals surface area (Å²) in [6, 6.07) is 8.26. The lowest BCUT2D eigenvalue weighted by atomic mass is 10.1. The fourth-order valence-electron chi connectivity index (χ4n) is 3.37. The molecule has 24 heavy (non-hydrogen) atoms. The Hall–Kier alpha value is -2.18. The molecule has 1 fully saturated rings. The Kier molecular flexibility index (Phi) is 4.32. The normalized spacial score (nSPS) is 16.9. The molecule has 4 rings (SSSR count). The molecule has 0 atom stereocenters. The molecule has 1 aromatic carbocycles. The van der Waals surface area contributed by atoms with Crippen molar-refractivity contribution in [3.05, 3.63) is 47.7 Å². The van der Waals surface area contributed by atoms with Gasteiger partial charge in [0.1, 0.15) is 0 Å². The van der Waals surface area contributed by atoms with Crippen molar-refractivity contribution in [3.8, 4) is 0 Å². The van der Waals surface area contributed by atoms with Gasteiger partial charge >= 0.3 is 0 Å². The van der Waals surface area contributed by atoms with Crippen molar-refractivity contribution in [2.45, 2.75) is 31.9 Å². The molecule has 2 aromatic heterocycles. The second-order valence-corrected chi connectivity index (χ2v) is 6.35. The third-order valence-corrected chi connectivity index (χ3v) is 4.76. The number of benzene rings is 1. The molecule has 0 unspecified atom stereocenters. The van der Waals surface area contributed by atoms with E-state index in [2.05, 4.69) is 32.2 Å². The lowest BCUT2D eigenvalue weighted by molar-refractivity contribution is 0.0359. The summed E-state index contributed by atoms with van der Waals surface area (Å²) in [5.74, 6) is 1.43. The number of para-hydroxylation sites is 1. The Bertz CT molecular complexity index is 802. The van der Waals surface area contributed by atoms with Crippen LogP contribution in [-0.4, -0.2) is 46.3 Å². The van der Waals surface area contributed by atoms with Crippen LogP contribution in [0.4, 0.5) is 0 Å². The third kappa shape index (κ3) is 3.20. The molecule has 1 N–H and O–H groups in total.